The number of aryl methyl sites for hydroxylation is 1. The van der Waals surface area contributed by atoms with E-state index in [1.807, 2.05) is 48.1 Å². The Bertz CT molecular complexity index is 813. The summed E-state index contributed by atoms with van der Waals surface area (Å²) in [7, 11) is 1.97. The maximum atomic E-state index is 12.4. The molecule has 0 saturated heterocycles. The molecular formula is C17H20N4O. The van der Waals surface area contributed by atoms with Gasteiger partial charge in [-0.05, 0) is 30.5 Å². The van der Waals surface area contributed by atoms with Crippen molar-refractivity contribution >= 4 is 22.5 Å². The molecule has 0 saturated carbocycles. The lowest BCUT2D eigenvalue weighted by Crippen LogP contribution is -2.13. The van der Waals surface area contributed by atoms with E-state index < -0.39 is 0 Å². The van der Waals surface area contributed by atoms with Crippen LogP contribution in [0.2, 0.25) is 0 Å². The number of carbonyl (C=O) groups excluding carboxylic acids is 1. The minimum Gasteiger partial charge on any atom is -0.349 e. The Morgan fingerprint density at radius 2 is 2.18 bits per heavy atom. The number of amides is 1. The fourth-order valence-electron chi connectivity index (χ4n) is 2.67. The number of carbonyl (C=O) groups is 1. The number of benzene rings is 1. The first-order chi connectivity index (χ1) is 10.5. The average molecular weight is 296 g/mol. The Kier molecular flexibility index (Phi) is 3.71. The second-order valence-electron chi connectivity index (χ2n) is 6.00. The van der Waals surface area contributed by atoms with Crippen LogP contribution in [0.3, 0.4) is 0 Å². The van der Waals surface area contributed by atoms with Crippen LogP contribution in [0.15, 0.2) is 36.5 Å². The third kappa shape index (κ3) is 2.74. The quantitative estimate of drug-likeness (QED) is 0.775. The molecule has 0 aliphatic heterocycles. The summed E-state index contributed by atoms with van der Waals surface area (Å²) in [6.45, 7) is 4.27. The highest BCUT2D eigenvalue weighted by molar-refractivity contribution is 6.07. The van der Waals surface area contributed by atoms with Crippen LogP contribution < -0.4 is 5.32 Å². The Labute approximate surface area is 129 Å². The number of H-pyrrole nitrogens is 1. The minimum atomic E-state index is -0.194. The van der Waals surface area contributed by atoms with Crippen molar-refractivity contribution in [3.05, 3.63) is 47.9 Å². The fraction of sp³-hybridized carbons (Fsp3) is 0.294. The normalized spacial score (nSPS) is 11.3. The zero-order valence-corrected chi connectivity index (χ0v) is 13.1. The molecule has 1 amide bonds. The van der Waals surface area contributed by atoms with E-state index >= 15 is 0 Å². The largest absolute Gasteiger partial charge is 0.349 e. The summed E-state index contributed by atoms with van der Waals surface area (Å²) >= 11 is 0. The lowest BCUT2D eigenvalue weighted by atomic mass is 10.1. The second kappa shape index (κ2) is 5.67. The Balaban J connectivity index is 1.84. The smallest absolute Gasteiger partial charge is 0.276 e. The highest BCUT2D eigenvalue weighted by atomic mass is 16.1. The molecular weight excluding hydrogens is 276 g/mol. The van der Waals surface area contributed by atoms with E-state index in [1.54, 1.807) is 0 Å². The van der Waals surface area contributed by atoms with Gasteiger partial charge in [-0.25, -0.2) is 0 Å². The van der Waals surface area contributed by atoms with Gasteiger partial charge in [0.2, 0.25) is 0 Å². The maximum absolute atomic E-state index is 12.4. The minimum absolute atomic E-state index is 0.194. The molecule has 2 aromatic heterocycles. The predicted octanol–water partition coefficient (Wildman–Crippen LogP) is 3.35. The summed E-state index contributed by atoms with van der Waals surface area (Å²) in [5.41, 5.74) is 3.20. The van der Waals surface area contributed by atoms with E-state index in [4.69, 9.17) is 0 Å². The molecule has 22 heavy (non-hydrogen) atoms. The summed E-state index contributed by atoms with van der Waals surface area (Å²) in [5.74, 6) is 0.327. The first-order valence-electron chi connectivity index (χ1n) is 7.44. The molecule has 0 aliphatic carbocycles. The number of anilines is 1. The summed E-state index contributed by atoms with van der Waals surface area (Å²) in [4.78, 5) is 12.4. The van der Waals surface area contributed by atoms with Gasteiger partial charge in [-0.2, -0.15) is 5.10 Å². The summed E-state index contributed by atoms with van der Waals surface area (Å²) in [6, 6.07) is 9.72. The van der Waals surface area contributed by atoms with Gasteiger partial charge in [0, 0.05) is 24.3 Å². The number of fused-ring (bicyclic) bond motifs is 1. The van der Waals surface area contributed by atoms with Crippen LogP contribution in [-0.4, -0.2) is 20.7 Å². The number of rotatable bonds is 4. The monoisotopic (exact) mass is 296 g/mol. The van der Waals surface area contributed by atoms with Gasteiger partial charge in [0.25, 0.3) is 5.91 Å². The molecule has 2 N–H and O–H groups in total. The van der Waals surface area contributed by atoms with Crippen molar-refractivity contribution in [3.8, 4) is 0 Å². The number of hydrogen-bond acceptors (Lipinski definition) is 2. The van der Waals surface area contributed by atoms with Gasteiger partial charge in [-0.1, -0.05) is 26.0 Å². The number of aromatic amines is 1. The predicted molar refractivity (Wildman–Crippen MR) is 88.0 cm³/mol. The van der Waals surface area contributed by atoms with Crippen molar-refractivity contribution in [2.75, 3.05) is 5.32 Å². The lowest BCUT2D eigenvalue weighted by molar-refractivity contribution is 0.102. The molecule has 3 aromatic rings. The highest BCUT2D eigenvalue weighted by Crippen LogP contribution is 2.24. The van der Waals surface area contributed by atoms with Crippen molar-refractivity contribution in [2.24, 2.45) is 13.0 Å². The molecule has 0 fully saturated rings. The van der Waals surface area contributed by atoms with Crippen molar-refractivity contribution in [3.63, 3.8) is 0 Å². The average Bonchev–Trinajstić information content (AvgIpc) is 3.06. The van der Waals surface area contributed by atoms with Crippen molar-refractivity contribution < 1.29 is 4.79 Å². The topological polar surface area (TPSA) is 62.7 Å². The molecule has 5 nitrogen and oxygen atoms in total. The molecule has 0 bridgehead atoms. The van der Waals surface area contributed by atoms with Gasteiger partial charge in [-0.3, -0.25) is 9.89 Å². The van der Waals surface area contributed by atoms with Gasteiger partial charge >= 0.3 is 0 Å². The SMILES string of the molecule is CC(C)Cc1cc(C(=O)Nc2cccc3ccn(C)c23)n[nH]1. The first kappa shape index (κ1) is 14.4. The van der Waals surface area contributed by atoms with Crippen LogP contribution in [0.5, 0.6) is 0 Å². The van der Waals surface area contributed by atoms with Crippen molar-refractivity contribution in [2.45, 2.75) is 20.3 Å². The van der Waals surface area contributed by atoms with Crippen LogP contribution in [0, 0.1) is 5.92 Å². The molecule has 5 heteroatoms. The molecule has 0 spiro atoms. The van der Waals surface area contributed by atoms with Crippen LogP contribution in [-0.2, 0) is 13.5 Å². The van der Waals surface area contributed by atoms with E-state index in [9.17, 15) is 4.79 Å². The molecule has 0 unspecified atom stereocenters. The first-order valence-corrected chi connectivity index (χ1v) is 7.44. The van der Waals surface area contributed by atoms with E-state index in [-0.39, 0.29) is 5.91 Å². The second-order valence-corrected chi connectivity index (χ2v) is 6.00. The fourth-order valence-corrected chi connectivity index (χ4v) is 2.67. The summed E-state index contributed by atoms with van der Waals surface area (Å²) < 4.78 is 2.00. The Hall–Kier alpha value is -2.56. The van der Waals surface area contributed by atoms with Crippen LogP contribution in [0.25, 0.3) is 10.9 Å². The van der Waals surface area contributed by atoms with E-state index in [1.165, 1.54) is 0 Å². The standard InChI is InChI=1S/C17H20N4O/c1-11(2)9-13-10-15(20-19-13)17(22)18-14-6-4-5-12-7-8-21(3)16(12)14/h4-8,10-11H,9H2,1-3H3,(H,18,22)(H,19,20). The van der Waals surface area contributed by atoms with Gasteiger partial charge in [-0.15, -0.1) is 0 Å². The third-order valence-electron chi connectivity index (χ3n) is 3.64. The number of hydrogen-bond donors (Lipinski definition) is 2. The van der Waals surface area contributed by atoms with Gasteiger partial charge in [0.1, 0.15) is 0 Å². The number of para-hydroxylation sites is 1. The Morgan fingerprint density at radius 3 is 2.95 bits per heavy atom. The van der Waals surface area contributed by atoms with E-state index in [0.717, 1.165) is 28.7 Å². The summed E-state index contributed by atoms with van der Waals surface area (Å²) in [5, 5.41) is 11.1. The summed E-state index contributed by atoms with van der Waals surface area (Å²) in [6.07, 6.45) is 2.86. The van der Waals surface area contributed by atoms with Crippen LogP contribution in [0.1, 0.15) is 30.0 Å². The van der Waals surface area contributed by atoms with Gasteiger partial charge < -0.3 is 9.88 Å². The molecule has 114 valence electrons. The molecule has 2 heterocycles. The highest BCUT2D eigenvalue weighted by Gasteiger charge is 2.13. The Morgan fingerprint density at radius 1 is 1.36 bits per heavy atom. The zero-order chi connectivity index (χ0) is 15.7. The molecule has 0 aliphatic rings. The molecule has 3 rings (SSSR count). The molecule has 1 aromatic carbocycles. The van der Waals surface area contributed by atoms with Gasteiger partial charge in [0.15, 0.2) is 5.69 Å². The van der Waals surface area contributed by atoms with E-state index in [0.29, 0.717) is 11.6 Å². The van der Waals surface area contributed by atoms with Crippen molar-refractivity contribution in [1.29, 1.82) is 0 Å². The van der Waals surface area contributed by atoms with Gasteiger partial charge in [0.05, 0.1) is 11.2 Å². The molecule has 0 atom stereocenters. The van der Waals surface area contributed by atoms with Crippen LogP contribution in [0.4, 0.5) is 5.69 Å². The van der Waals surface area contributed by atoms with E-state index in [2.05, 4.69) is 29.4 Å². The maximum Gasteiger partial charge on any atom is 0.276 e. The number of aromatic nitrogens is 3. The molecule has 0 radical (unpaired) electrons. The lowest BCUT2D eigenvalue weighted by Gasteiger charge is -2.07. The van der Waals surface area contributed by atoms with Crippen molar-refractivity contribution in [1.82, 2.24) is 14.8 Å². The van der Waals surface area contributed by atoms with Crippen LogP contribution >= 0.6 is 0 Å². The number of nitrogens with zero attached hydrogens (tertiary/aromatic N) is 2. The third-order valence-corrected chi connectivity index (χ3v) is 3.64. The zero-order valence-electron chi connectivity index (χ0n) is 13.1. The number of nitrogens with one attached hydrogen (secondary N) is 2.